The largest absolute Gasteiger partial charge is 0.284 e. The van der Waals surface area contributed by atoms with Gasteiger partial charge in [0.05, 0.1) is 28.1 Å². The van der Waals surface area contributed by atoms with Crippen LogP contribution in [0.3, 0.4) is 0 Å². The van der Waals surface area contributed by atoms with Crippen molar-refractivity contribution in [3.05, 3.63) is 110 Å². The zero-order valence-electron chi connectivity index (χ0n) is 21.1. The molecular weight excluding hydrogens is 535 g/mol. The number of hydrogen-bond acceptors (Lipinski definition) is 4. The highest BCUT2D eigenvalue weighted by Crippen LogP contribution is 2.61. The van der Waals surface area contributed by atoms with Gasteiger partial charge in [0.15, 0.2) is 5.83 Å². The first-order valence-electron chi connectivity index (χ1n) is 11.8. The van der Waals surface area contributed by atoms with Crippen molar-refractivity contribution in [2.24, 2.45) is 10.9 Å². The van der Waals surface area contributed by atoms with Crippen molar-refractivity contribution in [3.8, 4) is 0 Å². The van der Waals surface area contributed by atoms with Gasteiger partial charge >= 0.3 is 0 Å². The van der Waals surface area contributed by atoms with Crippen LogP contribution in [0, 0.1) is 24.5 Å². The number of aromatic nitrogens is 2. The summed E-state index contributed by atoms with van der Waals surface area (Å²) in [4.78, 5) is 21.0. The Morgan fingerprint density at radius 3 is 2.58 bits per heavy atom. The van der Waals surface area contributed by atoms with Crippen LogP contribution in [0.5, 0.6) is 0 Å². The summed E-state index contributed by atoms with van der Waals surface area (Å²) in [5, 5.41) is -0.102. The minimum atomic E-state index is -1.65. The Morgan fingerprint density at radius 2 is 1.92 bits per heavy atom. The van der Waals surface area contributed by atoms with Crippen LogP contribution in [-0.4, -0.2) is 25.7 Å². The lowest BCUT2D eigenvalue weighted by molar-refractivity contribution is 0.591. The molecule has 5 nitrogen and oxygen atoms in total. The van der Waals surface area contributed by atoms with E-state index >= 15 is 8.78 Å². The topological polar surface area (TPSA) is 64.3 Å². The smallest absolute Gasteiger partial charge is 0.273 e. The molecule has 10 heteroatoms. The summed E-state index contributed by atoms with van der Waals surface area (Å²) in [7, 11) is -1.65. The third-order valence-corrected chi connectivity index (χ3v) is 7.97. The summed E-state index contributed by atoms with van der Waals surface area (Å²) in [6.45, 7) is 5.22. The Bertz CT molecular complexity index is 1580. The minimum Gasteiger partial charge on any atom is -0.284 e. The van der Waals surface area contributed by atoms with Crippen molar-refractivity contribution < 1.29 is 17.4 Å². The third kappa shape index (κ3) is 5.17. The van der Waals surface area contributed by atoms with Crippen LogP contribution < -0.4 is 5.56 Å². The molecule has 1 aliphatic rings. The number of benzene rings is 1. The normalized spacial score (nSPS) is 20.7. The number of aliphatic imine (C=N–C) groups is 1. The maximum atomic E-state index is 15.6. The van der Waals surface area contributed by atoms with E-state index in [0.717, 1.165) is 17.0 Å². The molecular formula is C28H25ClF3N3O2S. The molecule has 2 heterocycles. The number of rotatable bonds is 7. The first-order chi connectivity index (χ1) is 18.1. The van der Waals surface area contributed by atoms with Crippen LogP contribution in [0.15, 0.2) is 75.5 Å². The van der Waals surface area contributed by atoms with Crippen molar-refractivity contribution in [3.63, 3.8) is 0 Å². The second kappa shape index (κ2) is 11.2. The molecule has 198 valence electrons. The van der Waals surface area contributed by atoms with Crippen LogP contribution in [-0.2, 0) is 10.8 Å². The molecule has 3 aromatic rings. The standard InChI is InChI=1S/C28H25ClF3N3O2S/c1-5-10-34-27(18-7-6-8-22(26(18)32)38(4)37)21(31)14-35-15(2)12-19(25(29)28(35)36)24-16(3)23(24)17-9-11-33-13-20(17)30/h5-14,16,23-24H,1-4H3/b10-5+,21-14-,34-27+. The van der Waals surface area contributed by atoms with Crippen LogP contribution in [0.2, 0.25) is 5.02 Å². The van der Waals surface area contributed by atoms with Gasteiger partial charge in [-0.3, -0.25) is 23.5 Å². The fourth-order valence-corrected chi connectivity index (χ4v) is 5.63. The summed E-state index contributed by atoms with van der Waals surface area (Å²) in [5.74, 6) is -2.61. The number of hydrogen-bond donors (Lipinski definition) is 0. The van der Waals surface area contributed by atoms with Crippen LogP contribution in [0.4, 0.5) is 13.2 Å². The number of pyridine rings is 2. The van der Waals surface area contributed by atoms with Gasteiger partial charge in [0.2, 0.25) is 0 Å². The monoisotopic (exact) mass is 559 g/mol. The molecule has 4 atom stereocenters. The molecule has 0 amide bonds. The quantitative estimate of drug-likeness (QED) is 0.309. The number of nitrogens with zero attached hydrogens (tertiary/aromatic N) is 3. The lowest BCUT2D eigenvalue weighted by Crippen LogP contribution is -2.21. The minimum absolute atomic E-state index is 0.0327. The van der Waals surface area contributed by atoms with Gasteiger partial charge in [-0.15, -0.1) is 0 Å². The molecule has 0 spiro atoms. The Labute approximate surface area is 225 Å². The molecule has 1 aliphatic carbocycles. The van der Waals surface area contributed by atoms with E-state index in [4.69, 9.17) is 11.6 Å². The Kier molecular flexibility index (Phi) is 8.18. The SMILES string of the molecule is C/C=C/N=C(/C(F)=C/n1c(C)cc(C2C(C)C2c2ccncc2F)c(Cl)c1=O)c1cccc(S(C)=O)c1F. The molecule has 1 aromatic carbocycles. The Balaban J connectivity index is 1.77. The second-order valence-corrected chi connectivity index (χ2v) is 10.8. The van der Waals surface area contributed by atoms with Crippen molar-refractivity contribution in [2.45, 2.75) is 37.5 Å². The van der Waals surface area contributed by atoms with E-state index < -0.39 is 33.8 Å². The Morgan fingerprint density at radius 1 is 1.21 bits per heavy atom. The van der Waals surface area contributed by atoms with E-state index in [1.807, 2.05) is 6.92 Å². The second-order valence-electron chi connectivity index (χ2n) is 9.05. The fourth-order valence-electron chi connectivity index (χ4n) is 4.72. The van der Waals surface area contributed by atoms with E-state index in [0.29, 0.717) is 16.8 Å². The summed E-state index contributed by atoms with van der Waals surface area (Å²) >= 11 is 6.48. The maximum Gasteiger partial charge on any atom is 0.273 e. The maximum absolute atomic E-state index is 15.6. The predicted octanol–water partition coefficient (Wildman–Crippen LogP) is 6.53. The zero-order valence-corrected chi connectivity index (χ0v) is 22.7. The zero-order chi connectivity index (χ0) is 27.7. The summed E-state index contributed by atoms with van der Waals surface area (Å²) in [5.41, 5.74) is 0.199. The first-order valence-corrected chi connectivity index (χ1v) is 13.7. The van der Waals surface area contributed by atoms with Gasteiger partial charge in [-0.2, -0.15) is 0 Å². The fraction of sp³-hybridized carbons (Fsp3) is 0.250. The van der Waals surface area contributed by atoms with Gasteiger partial charge in [0.25, 0.3) is 5.56 Å². The molecule has 0 saturated heterocycles. The molecule has 38 heavy (non-hydrogen) atoms. The lowest BCUT2D eigenvalue weighted by Gasteiger charge is -2.12. The highest BCUT2D eigenvalue weighted by Gasteiger charge is 2.50. The molecule has 4 rings (SSSR count). The molecule has 0 aliphatic heterocycles. The molecule has 1 saturated carbocycles. The van der Waals surface area contributed by atoms with E-state index in [-0.39, 0.29) is 38.9 Å². The predicted molar refractivity (Wildman–Crippen MR) is 145 cm³/mol. The molecule has 0 radical (unpaired) electrons. The summed E-state index contributed by atoms with van der Waals surface area (Å²) in [6, 6.07) is 7.42. The highest BCUT2D eigenvalue weighted by molar-refractivity contribution is 7.84. The van der Waals surface area contributed by atoms with E-state index in [9.17, 15) is 13.4 Å². The van der Waals surface area contributed by atoms with Crippen molar-refractivity contribution in [1.82, 2.24) is 9.55 Å². The van der Waals surface area contributed by atoms with E-state index in [1.165, 1.54) is 42.9 Å². The van der Waals surface area contributed by atoms with Gasteiger partial charge in [-0.05, 0) is 67.0 Å². The summed E-state index contributed by atoms with van der Waals surface area (Å²) < 4.78 is 58.0. The van der Waals surface area contributed by atoms with Gasteiger partial charge in [0, 0.05) is 29.9 Å². The van der Waals surface area contributed by atoms with Gasteiger partial charge in [-0.25, -0.2) is 13.2 Å². The first kappa shape index (κ1) is 27.7. The van der Waals surface area contributed by atoms with Gasteiger partial charge in [-0.1, -0.05) is 30.7 Å². The molecule has 0 N–H and O–H groups in total. The van der Waals surface area contributed by atoms with E-state index in [1.54, 1.807) is 26.0 Å². The van der Waals surface area contributed by atoms with Crippen LogP contribution in [0.1, 0.15) is 48.1 Å². The van der Waals surface area contributed by atoms with Gasteiger partial charge in [0.1, 0.15) is 22.4 Å². The lowest BCUT2D eigenvalue weighted by atomic mass is 10.0. The van der Waals surface area contributed by atoms with E-state index in [2.05, 4.69) is 9.98 Å². The van der Waals surface area contributed by atoms with Crippen molar-refractivity contribution in [1.29, 1.82) is 0 Å². The molecule has 4 unspecified atom stereocenters. The Hall–Kier alpha value is -3.30. The van der Waals surface area contributed by atoms with Crippen molar-refractivity contribution >= 4 is 34.3 Å². The highest BCUT2D eigenvalue weighted by atomic mass is 35.5. The molecule has 2 aromatic heterocycles. The molecule has 1 fully saturated rings. The van der Waals surface area contributed by atoms with Crippen molar-refractivity contribution in [2.75, 3.05) is 6.26 Å². The summed E-state index contributed by atoms with van der Waals surface area (Å²) in [6.07, 6.45) is 7.71. The van der Waals surface area contributed by atoms with Crippen LogP contribution >= 0.6 is 11.6 Å². The number of allylic oxidation sites excluding steroid dienone is 2. The number of aryl methyl sites for hydroxylation is 1. The number of halogens is 4. The molecule has 0 bridgehead atoms. The average Bonchev–Trinajstić information content (AvgIpc) is 3.54. The van der Waals surface area contributed by atoms with Gasteiger partial charge < -0.3 is 0 Å². The van der Waals surface area contributed by atoms with Crippen LogP contribution in [0.25, 0.3) is 6.20 Å². The average molecular weight is 560 g/mol. The third-order valence-electron chi connectivity index (χ3n) is 6.65.